The second-order valence-corrected chi connectivity index (χ2v) is 7.12. The van der Waals surface area contributed by atoms with Gasteiger partial charge in [-0.3, -0.25) is 0 Å². The fraction of sp³-hybridized carbons (Fsp3) is 0.650. The Balaban J connectivity index is 1.44. The van der Waals surface area contributed by atoms with E-state index in [-0.39, 0.29) is 6.03 Å². The van der Waals surface area contributed by atoms with Crippen LogP contribution in [0.25, 0.3) is 0 Å². The molecule has 26 heavy (non-hydrogen) atoms. The number of benzene rings is 1. The number of rotatable bonds is 6. The van der Waals surface area contributed by atoms with E-state index >= 15 is 0 Å². The second kappa shape index (κ2) is 9.67. The van der Waals surface area contributed by atoms with Crippen LogP contribution in [0.4, 0.5) is 16.2 Å². The molecule has 0 aromatic heterocycles. The van der Waals surface area contributed by atoms with Crippen molar-refractivity contribution in [2.75, 3.05) is 69.3 Å². The van der Waals surface area contributed by atoms with Crippen molar-refractivity contribution in [3.05, 3.63) is 24.3 Å². The standard InChI is InChI=1S/C20H32N4O2/c1-26-17-5-10-21-20(25)24-15-13-23(14-16-24)19-8-6-18(7-9-19)22-11-3-2-4-12-22/h6-9H,2-5,10-17H2,1H3,(H,21,25). The molecular weight excluding hydrogens is 328 g/mol. The summed E-state index contributed by atoms with van der Waals surface area (Å²) in [6.45, 7) is 7.01. The lowest BCUT2D eigenvalue weighted by atomic mass is 10.1. The molecule has 1 N–H and O–H groups in total. The Morgan fingerprint density at radius 1 is 0.923 bits per heavy atom. The molecule has 6 heteroatoms. The van der Waals surface area contributed by atoms with E-state index < -0.39 is 0 Å². The van der Waals surface area contributed by atoms with Crippen LogP contribution in [-0.4, -0.2) is 70.5 Å². The van der Waals surface area contributed by atoms with E-state index in [0.29, 0.717) is 13.2 Å². The van der Waals surface area contributed by atoms with Crippen molar-refractivity contribution >= 4 is 17.4 Å². The third-order valence-corrected chi connectivity index (χ3v) is 5.30. The fourth-order valence-corrected chi connectivity index (χ4v) is 3.72. The molecule has 0 atom stereocenters. The van der Waals surface area contributed by atoms with Crippen molar-refractivity contribution in [2.45, 2.75) is 25.7 Å². The molecule has 3 rings (SSSR count). The van der Waals surface area contributed by atoms with Gasteiger partial charge in [0.25, 0.3) is 0 Å². The Bertz CT molecular complexity index is 549. The van der Waals surface area contributed by atoms with Gasteiger partial charge in [-0.2, -0.15) is 0 Å². The highest BCUT2D eigenvalue weighted by Crippen LogP contribution is 2.24. The Kier molecular flexibility index (Phi) is 7.00. The lowest BCUT2D eigenvalue weighted by Crippen LogP contribution is -2.52. The molecule has 2 saturated heterocycles. The van der Waals surface area contributed by atoms with Gasteiger partial charge in [-0.25, -0.2) is 4.79 Å². The number of anilines is 2. The average molecular weight is 361 g/mol. The van der Waals surface area contributed by atoms with Gasteiger partial charge >= 0.3 is 6.03 Å². The van der Waals surface area contributed by atoms with Gasteiger partial charge in [-0.1, -0.05) is 0 Å². The van der Waals surface area contributed by atoms with Gasteiger partial charge in [-0.05, 0) is 49.9 Å². The summed E-state index contributed by atoms with van der Waals surface area (Å²) in [4.78, 5) is 18.9. The first-order valence-electron chi connectivity index (χ1n) is 9.89. The van der Waals surface area contributed by atoms with Crippen LogP contribution >= 0.6 is 0 Å². The zero-order chi connectivity index (χ0) is 18.2. The van der Waals surface area contributed by atoms with Gasteiger partial charge in [0.1, 0.15) is 0 Å². The molecule has 0 bridgehead atoms. The maximum atomic E-state index is 12.2. The van der Waals surface area contributed by atoms with E-state index in [1.165, 1.54) is 43.7 Å². The lowest BCUT2D eigenvalue weighted by molar-refractivity contribution is 0.183. The third kappa shape index (κ3) is 5.04. The number of ether oxygens (including phenoxy) is 1. The van der Waals surface area contributed by atoms with Crippen LogP contribution in [-0.2, 0) is 4.74 Å². The van der Waals surface area contributed by atoms with Crippen LogP contribution in [0, 0.1) is 0 Å². The maximum absolute atomic E-state index is 12.2. The van der Waals surface area contributed by atoms with E-state index in [1.54, 1.807) is 7.11 Å². The highest BCUT2D eigenvalue weighted by Gasteiger charge is 2.21. The normalized spacial score (nSPS) is 18.1. The van der Waals surface area contributed by atoms with E-state index in [1.807, 2.05) is 4.90 Å². The molecule has 2 heterocycles. The molecule has 2 aliphatic rings. The minimum atomic E-state index is 0.0428. The SMILES string of the molecule is COCCCNC(=O)N1CCN(c2ccc(N3CCCCC3)cc2)CC1. The molecule has 0 radical (unpaired) electrons. The van der Waals surface area contributed by atoms with Crippen LogP contribution < -0.4 is 15.1 Å². The summed E-state index contributed by atoms with van der Waals surface area (Å²) in [6.07, 6.45) is 4.82. The first-order valence-corrected chi connectivity index (χ1v) is 9.89. The number of amides is 2. The quantitative estimate of drug-likeness (QED) is 0.792. The summed E-state index contributed by atoms with van der Waals surface area (Å²) in [5.74, 6) is 0. The molecule has 2 aliphatic heterocycles. The van der Waals surface area contributed by atoms with E-state index in [4.69, 9.17) is 4.74 Å². The fourth-order valence-electron chi connectivity index (χ4n) is 3.72. The predicted molar refractivity (Wildman–Crippen MR) is 106 cm³/mol. The molecule has 2 amide bonds. The number of hydrogen-bond donors (Lipinski definition) is 1. The molecule has 0 spiro atoms. The summed E-state index contributed by atoms with van der Waals surface area (Å²) in [5.41, 5.74) is 2.59. The summed E-state index contributed by atoms with van der Waals surface area (Å²) in [6, 6.07) is 8.99. The van der Waals surface area contributed by atoms with Gasteiger partial charge in [0.15, 0.2) is 0 Å². The molecule has 0 saturated carbocycles. The average Bonchev–Trinajstić information content (AvgIpc) is 2.72. The minimum Gasteiger partial charge on any atom is -0.385 e. The van der Waals surface area contributed by atoms with Crippen LogP contribution in [0.1, 0.15) is 25.7 Å². The van der Waals surface area contributed by atoms with Crippen molar-refractivity contribution in [3.8, 4) is 0 Å². The maximum Gasteiger partial charge on any atom is 0.317 e. The Labute approximate surface area is 157 Å². The van der Waals surface area contributed by atoms with E-state index in [9.17, 15) is 4.79 Å². The van der Waals surface area contributed by atoms with Gasteiger partial charge < -0.3 is 24.8 Å². The first-order chi connectivity index (χ1) is 12.8. The van der Waals surface area contributed by atoms with Crippen molar-refractivity contribution in [2.24, 2.45) is 0 Å². The molecule has 0 aliphatic carbocycles. The van der Waals surface area contributed by atoms with Gasteiger partial charge in [0.2, 0.25) is 0 Å². The number of nitrogens with zero attached hydrogens (tertiary/aromatic N) is 3. The largest absolute Gasteiger partial charge is 0.385 e. The summed E-state index contributed by atoms with van der Waals surface area (Å²) in [5, 5.41) is 2.97. The smallest absolute Gasteiger partial charge is 0.317 e. The topological polar surface area (TPSA) is 48.1 Å². The van der Waals surface area contributed by atoms with E-state index in [2.05, 4.69) is 39.4 Å². The number of hydrogen-bond acceptors (Lipinski definition) is 4. The van der Waals surface area contributed by atoms with Gasteiger partial charge in [0.05, 0.1) is 0 Å². The van der Waals surface area contributed by atoms with Crippen LogP contribution in [0.2, 0.25) is 0 Å². The second-order valence-electron chi connectivity index (χ2n) is 7.12. The number of urea groups is 1. The van der Waals surface area contributed by atoms with Crippen LogP contribution in [0.3, 0.4) is 0 Å². The zero-order valence-corrected chi connectivity index (χ0v) is 16.0. The highest BCUT2D eigenvalue weighted by atomic mass is 16.5. The monoisotopic (exact) mass is 360 g/mol. The molecule has 1 aromatic carbocycles. The molecule has 6 nitrogen and oxygen atoms in total. The number of carbonyl (C=O) groups excluding carboxylic acids is 1. The summed E-state index contributed by atoms with van der Waals surface area (Å²) < 4.78 is 5.00. The highest BCUT2D eigenvalue weighted by molar-refractivity contribution is 5.74. The molecule has 0 unspecified atom stereocenters. The molecule has 144 valence electrons. The molecular formula is C20H32N4O2. The Morgan fingerprint density at radius 3 is 2.08 bits per heavy atom. The Hall–Kier alpha value is -1.95. The molecule has 1 aromatic rings. The number of piperidine rings is 1. The van der Waals surface area contributed by atoms with Crippen molar-refractivity contribution in [3.63, 3.8) is 0 Å². The first kappa shape index (κ1) is 18.8. The lowest BCUT2D eigenvalue weighted by Gasteiger charge is -2.36. The number of methoxy groups -OCH3 is 1. The molecule has 2 fully saturated rings. The summed E-state index contributed by atoms with van der Waals surface area (Å²) in [7, 11) is 1.68. The van der Waals surface area contributed by atoms with Crippen molar-refractivity contribution in [1.29, 1.82) is 0 Å². The number of carbonyl (C=O) groups is 1. The van der Waals surface area contributed by atoms with Gasteiger partial charge in [-0.15, -0.1) is 0 Å². The zero-order valence-electron chi connectivity index (χ0n) is 16.0. The van der Waals surface area contributed by atoms with E-state index in [0.717, 1.165) is 32.6 Å². The third-order valence-electron chi connectivity index (χ3n) is 5.30. The summed E-state index contributed by atoms with van der Waals surface area (Å²) >= 11 is 0. The number of nitrogens with one attached hydrogen (secondary N) is 1. The minimum absolute atomic E-state index is 0.0428. The van der Waals surface area contributed by atoms with Crippen molar-refractivity contribution < 1.29 is 9.53 Å². The van der Waals surface area contributed by atoms with Crippen LogP contribution in [0.5, 0.6) is 0 Å². The predicted octanol–water partition coefficient (Wildman–Crippen LogP) is 2.55. The number of piperazine rings is 1. The van der Waals surface area contributed by atoms with Crippen molar-refractivity contribution in [1.82, 2.24) is 10.2 Å². The Morgan fingerprint density at radius 2 is 1.50 bits per heavy atom. The van der Waals surface area contributed by atoms with Crippen LogP contribution in [0.15, 0.2) is 24.3 Å². The van der Waals surface area contributed by atoms with Gasteiger partial charge in [0, 0.05) is 70.9 Å².